The van der Waals surface area contributed by atoms with Crippen LogP contribution in [0.1, 0.15) is 22.3 Å². The molecule has 0 unspecified atom stereocenters. The molecule has 0 bridgehead atoms. The summed E-state index contributed by atoms with van der Waals surface area (Å²) < 4.78 is 0. The average Bonchev–Trinajstić information content (AvgIpc) is 3.59. The lowest BCUT2D eigenvalue weighted by Gasteiger charge is -2.33. The van der Waals surface area contributed by atoms with Crippen molar-refractivity contribution >= 4 is 54.1 Å². The van der Waals surface area contributed by atoms with Crippen LogP contribution in [0.3, 0.4) is 0 Å². The zero-order valence-corrected chi connectivity index (χ0v) is 31.0. The Morgan fingerprint density at radius 1 is 0.351 bits per heavy atom. The van der Waals surface area contributed by atoms with Crippen LogP contribution in [-0.2, 0) is 5.41 Å². The lowest BCUT2D eigenvalue weighted by atomic mass is 9.67. The zero-order valence-electron chi connectivity index (χ0n) is 31.0. The molecule has 57 heavy (non-hydrogen) atoms. The van der Waals surface area contributed by atoms with Crippen LogP contribution in [-0.4, -0.2) is 9.97 Å². The molecule has 11 aromatic rings. The van der Waals surface area contributed by atoms with Crippen molar-refractivity contribution < 1.29 is 0 Å². The van der Waals surface area contributed by atoms with Gasteiger partial charge in [-0.2, -0.15) is 0 Å². The monoisotopic (exact) mass is 722 g/mol. The molecule has 9 aromatic carbocycles. The third kappa shape index (κ3) is 4.65. The average molecular weight is 723 g/mol. The fourth-order valence-electron chi connectivity index (χ4n) is 9.82. The zero-order chi connectivity index (χ0) is 37.5. The van der Waals surface area contributed by atoms with Crippen molar-refractivity contribution in [3.05, 3.63) is 229 Å². The topological polar surface area (TPSA) is 25.8 Å². The Balaban J connectivity index is 1.07. The van der Waals surface area contributed by atoms with E-state index >= 15 is 0 Å². The largest absolute Gasteiger partial charge is 0.254 e. The summed E-state index contributed by atoms with van der Waals surface area (Å²) >= 11 is 0. The Kier molecular flexibility index (Phi) is 6.88. The van der Waals surface area contributed by atoms with Gasteiger partial charge in [0, 0.05) is 22.5 Å². The van der Waals surface area contributed by atoms with Gasteiger partial charge in [0.15, 0.2) is 0 Å². The Morgan fingerprint density at radius 2 is 0.965 bits per heavy atom. The summed E-state index contributed by atoms with van der Waals surface area (Å²) in [7, 11) is 0. The number of nitrogens with zero attached hydrogens (tertiary/aromatic N) is 2. The molecule has 1 aliphatic rings. The second kappa shape index (κ2) is 12.3. The third-order valence-corrected chi connectivity index (χ3v) is 12.3. The fourth-order valence-corrected chi connectivity index (χ4v) is 9.82. The second-order valence-corrected chi connectivity index (χ2v) is 15.3. The van der Waals surface area contributed by atoms with Gasteiger partial charge < -0.3 is 0 Å². The van der Waals surface area contributed by atoms with E-state index in [1.807, 2.05) is 12.3 Å². The predicted molar refractivity (Wildman–Crippen MR) is 238 cm³/mol. The van der Waals surface area contributed by atoms with E-state index in [0.29, 0.717) is 0 Å². The first-order valence-electron chi connectivity index (χ1n) is 19.6. The van der Waals surface area contributed by atoms with Crippen LogP contribution >= 0.6 is 0 Å². The molecule has 0 amide bonds. The van der Waals surface area contributed by atoms with Crippen LogP contribution in [0.5, 0.6) is 0 Å². The first kappa shape index (κ1) is 31.9. The van der Waals surface area contributed by atoms with Gasteiger partial charge in [-0.15, -0.1) is 0 Å². The smallest absolute Gasteiger partial charge is 0.0972 e. The summed E-state index contributed by atoms with van der Waals surface area (Å²) in [6.07, 6.45) is 1.85. The maximum Gasteiger partial charge on any atom is 0.0972 e. The Bertz CT molecular complexity index is 3360. The highest BCUT2D eigenvalue weighted by Crippen LogP contribution is 2.58. The molecule has 0 N–H and O–H groups in total. The van der Waals surface area contributed by atoms with E-state index in [0.717, 1.165) is 33.1 Å². The molecule has 264 valence electrons. The number of pyridine rings is 2. The van der Waals surface area contributed by atoms with Gasteiger partial charge in [0.25, 0.3) is 0 Å². The highest BCUT2D eigenvalue weighted by Gasteiger charge is 2.46. The molecule has 1 aliphatic carbocycles. The molecular formula is C55H34N2. The maximum atomic E-state index is 5.29. The van der Waals surface area contributed by atoms with Crippen LogP contribution < -0.4 is 0 Å². The number of hydrogen-bond acceptors (Lipinski definition) is 2. The van der Waals surface area contributed by atoms with Gasteiger partial charge in [-0.1, -0.05) is 170 Å². The van der Waals surface area contributed by atoms with Gasteiger partial charge in [-0.25, -0.2) is 4.98 Å². The number of rotatable bonds is 4. The van der Waals surface area contributed by atoms with Crippen LogP contribution in [0.2, 0.25) is 0 Å². The maximum absolute atomic E-state index is 5.29. The van der Waals surface area contributed by atoms with Crippen molar-refractivity contribution in [3.63, 3.8) is 0 Å². The lowest BCUT2D eigenvalue weighted by Crippen LogP contribution is -2.28. The summed E-state index contributed by atoms with van der Waals surface area (Å²) in [5.41, 5.74) is 13.7. The molecule has 0 aliphatic heterocycles. The van der Waals surface area contributed by atoms with E-state index in [-0.39, 0.29) is 0 Å². The first-order valence-corrected chi connectivity index (χ1v) is 19.6. The van der Waals surface area contributed by atoms with E-state index < -0.39 is 5.41 Å². The van der Waals surface area contributed by atoms with Gasteiger partial charge in [-0.3, -0.25) is 4.98 Å². The van der Waals surface area contributed by atoms with Crippen molar-refractivity contribution in [2.45, 2.75) is 5.41 Å². The van der Waals surface area contributed by atoms with Crippen molar-refractivity contribution in [2.24, 2.45) is 0 Å². The molecule has 0 radical (unpaired) electrons. The lowest BCUT2D eigenvalue weighted by molar-refractivity contribution is 0.769. The molecule has 0 fully saturated rings. The number of fused-ring (bicyclic) bond motifs is 10. The summed E-state index contributed by atoms with van der Waals surface area (Å²) in [4.78, 5) is 10.0. The number of aromatic nitrogens is 2. The van der Waals surface area contributed by atoms with Gasteiger partial charge in [-0.05, 0) is 107 Å². The molecule has 12 rings (SSSR count). The molecule has 2 aromatic heterocycles. The standard InChI is InChI=1S/C55H34N2/c1-3-15-41(16-4-1)55(42-17-5-2-6-18-42)49-20-10-9-19-46(49)52-44-26-23-39(32-40(44)24-29-50(52)55)43-27-28-45(48-34-38-13-8-7-12-37(38)33-47(43)48)51-30-25-36-22-21-35-14-11-31-56-53(35)54(36)57-51/h1-34H. The highest BCUT2D eigenvalue weighted by molar-refractivity contribution is 6.13. The third-order valence-electron chi connectivity index (χ3n) is 12.3. The van der Waals surface area contributed by atoms with Crippen LogP contribution in [0.4, 0.5) is 0 Å². The van der Waals surface area contributed by atoms with Gasteiger partial charge in [0.05, 0.1) is 22.1 Å². The summed E-state index contributed by atoms with van der Waals surface area (Å²) in [6.45, 7) is 0. The normalized spacial score (nSPS) is 13.1. The van der Waals surface area contributed by atoms with E-state index in [4.69, 9.17) is 9.97 Å². The molecule has 2 heteroatoms. The van der Waals surface area contributed by atoms with Gasteiger partial charge in [0.2, 0.25) is 0 Å². The molecular weight excluding hydrogens is 689 g/mol. The van der Waals surface area contributed by atoms with Crippen molar-refractivity contribution in [1.29, 1.82) is 0 Å². The van der Waals surface area contributed by atoms with Crippen molar-refractivity contribution in [1.82, 2.24) is 9.97 Å². The van der Waals surface area contributed by atoms with E-state index in [9.17, 15) is 0 Å². The number of benzene rings is 9. The molecule has 0 saturated heterocycles. The van der Waals surface area contributed by atoms with Crippen molar-refractivity contribution in [2.75, 3.05) is 0 Å². The number of hydrogen-bond donors (Lipinski definition) is 0. The summed E-state index contributed by atoms with van der Waals surface area (Å²) in [6, 6.07) is 73.5. The predicted octanol–water partition coefficient (Wildman–Crippen LogP) is 13.9. The summed E-state index contributed by atoms with van der Waals surface area (Å²) in [5, 5.41) is 9.51. The Morgan fingerprint density at radius 3 is 1.74 bits per heavy atom. The minimum atomic E-state index is -0.423. The molecule has 2 heterocycles. The minimum Gasteiger partial charge on any atom is -0.254 e. The fraction of sp³-hybridized carbons (Fsp3) is 0.0182. The van der Waals surface area contributed by atoms with E-state index in [2.05, 4.69) is 194 Å². The summed E-state index contributed by atoms with van der Waals surface area (Å²) in [5.74, 6) is 0. The van der Waals surface area contributed by atoms with E-state index in [1.165, 1.54) is 76.8 Å². The van der Waals surface area contributed by atoms with Crippen LogP contribution in [0.15, 0.2) is 206 Å². The van der Waals surface area contributed by atoms with Gasteiger partial charge in [0.1, 0.15) is 0 Å². The molecule has 0 saturated carbocycles. The second-order valence-electron chi connectivity index (χ2n) is 15.3. The SMILES string of the molecule is c1ccc(C2(c3ccccc3)c3ccccc3-c3c2ccc2cc(-c4ccc(-c5ccc6ccc7cccnc7c6n5)c5cc6ccccc6cc45)ccc32)cc1. The highest BCUT2D eigenvalue weighted by atomic mass is 14.8. The Hall–Kier alpha value is -7.42. The quantitative estimate of drug-likeness (QED) is 0.134. The van der Waals surface area contributed by atoms with Gasteiger partial charge >= 0.3 is 0 Å². The molecule has 2 nitrogen and oxygen atoms in total. The Labute approximate surface area is 330 Å². The molecule has 0 spiro atoms. The van der Waals surface area contributed by atoms with Crippen LogP contribution in [0.25, 0.3) is 87.6 Å². The van der Waals surface area contributed by atoms with Crippen LogP contribution in [0, 0.1) is 0 Å². The molecule has 0 atom stereocenters. The van der Waals surface area contributed by atoms with Crippen molar-refractivity contribution in [3.8, 4) is 33.5 Å². The first-order chi connectivity index (χ1) is 28.3. The minimum absolute atomic E-state index is 0.423. The van der Waals surface area contributed by atoms with E-state index in [1.54, 1.807) is 0 Å².